The van der Waals surface area contributed by atoms with Gasteiger partial charge < -0.3 is 10.2 Å². The van der Waals surface area contributed by atoms with E-state index in [0.717, 1.165) is 17.7 Å². The lowest BCUT2D eigenvalue weighted by Gasteiger charge is -2.28. The first kappa shape index (κ1) is 19.9. The van der Waals surface area contributed by atoms with E-state index in [1.54, 1.807) is 12.1 Å². The number of amides is 2. The van der Waals surface area contributed by atoms with Gasteiger partial charge in [-0.2, -0.15) is 13.2 Å². The van der Waals surface area contributed by atoms with E-state index in [0.29, 0.717) is 18.5 Å². The van der Waals surface area contributed by atoms with Gasteiger partial charge in [0.25, 0.3) is 5.91 Å². The zero-order valence-electron chi connectivity index (χ0n) is 15.6. The molecule has 0 aliphatic carbocycles. The van der Waals surface area contributed by atoms with Crippen LogP contribution in [0.25, 0.3) is 0 Å². The average Bonchev–Trinajstić information content (AvgIpc) is 2.96. The maximum Gasteiger partial charge on any atom is 0.416 e. The van der Waals surface area contributed by atoms with Crippen molar-refractivity contribution in [3.63, 3.8) is 0 Å². The highest BCUT2D eigenvalue weighted by atomic mass is 19.4. The van der Waals surface area contributed by atoms with Crippen molar-refractivity contribution in [2.24, 2.45) is 5.92 Å². The van der Waals surface area contributed by atoms with Gasteiger partial charge in [0.1, 0.15) is 6.04 Å². The van der Waals surface area contributed by atoms with Crippen molar-refractivity contribution in [2.45, 2.75) is 39.0 Å². The summed E-state index contributed by atoms with van der Waals surface area (Å²) >= 11 is 0. The Bertz CT molecular complexity index is 893. The molecule has 148 valence electrons. The maximum absolute atomic E-state index is 12.9. The number of halogens is 3. The van der Waals surface area contributed by atoms with Gasteiger partial charge in [-0.3, -0.25) is 9.59 Å². The standard InChI is InChI=1S/C21H21F3N2O2/c1-13(2)10-18(26-12-14-6-3-4-9-17(14)20(26)28)19(27)25-16-8-5-7-15(11-16)21(22,23)24/h3-9,11,13,18H,10,12H2,1-2H3,(H,25,27). The molecule has 7 heteroatoms. The number of hydrogen-bond donors (Lipinski definition) is 1. The van der Waals surface area contributed by atoms with Gasteiger partial charge in [-0.1, -0.05) is 38.1 Å². The fourth-order valence-corrected chi connectivity index (χ4v) is 3.35. The summed E-state index contributed by atoms with van der Waals surface area (Å²) in [6.07, 6.45) is -4.09. The van der Waals surface area contributed by atoms with E-state index in [-0.39, 0.29) is 17.5 Å². The molecule has 0 aromatic heterocycles. The lowest BCUT2D eigenvalue weighted by atomic mass is 10.0. The van der Waals surface area contributed by atoms with Gasteiger partial charge in [0.2, 0.25) is 5.91 Å². The molecule has 1 N–H and O–H groups in total. The third-order valence-electron chi connectivity index (χ3n) is 4.68. The van der Waals surface area contributed by atoms with Crippen molar-refractivity contribution in [3.8, 4) is 0 Å². The van der Waals surface area contributed by atoms with Crippen LogP contribution in [0.2, 0.25) is 0 Å². The number of anilines is 1. The van der Waals surface area contributed by atoms with E-state index in [1.165, 1.54) is 17.0 Å². The second-order valence-corrected chi connectivity index (χ2v) is 7.30. The summed E-state index contributed by atoms with van der Waals surface area (Å²) in [5, 5.41) is 2.55. The summed E-state index contributed by atoms with van der Waals surface area (Å²) in [5.74, 6) is -0.608. The Kier molecular flexibility index (Phi) is 5.45. The summed E-state index contributed by atoms with van der Waals surface area (Å²) in [4.78, 5) is 27.2. The summed E-state index contributed by atoms with van der Waals surface area (Å²) in [6, 6.07) is 10.9. The van der Waals surface area contributed by atoms with Gasteiger partial charge >= 0.3 is 6.18 Å². The molecule has 4 nitrogen and oxygen atoms in total. The highest BCUT2D eigenvalue weighted by Crippen LogP contribution is 2.31. The molecule has 0 saturated heterocycles. The molecule has 2 aromatic carbocycles. The van der Waals surface area contributed by atoms with Crippen LogP contribution >= 0.6 is 0 Å². The second-order valence-electron chi connectivity index (χ2n) is 7.30. The molecule has 0 radical (unpaired) electrons. The molecule has 1 unspecified atom stereocenters. The topological polar surface area (TPSA) is 49.4 Å². The molecule has 1 aliphatic heterocycles. The fourth-order valence-electron chi connectivity index (χ4n) is 3.35. The Balaban J connectivity index is 1.83. The molecule has 1 aliphatic rings. The minimum atomic E-state index is -4.50. The minimum Gasteiger partial charge on any atom is -0.324 e. The predicted molar refractivity (Wildman–Crippen MR) is 99.6 cm³/mol. The number of rotatable bonds is 5. The first-order valence-electron chi connectivity index (χ1n) is 9.04. The molecule has 2 aromatic rings. The Morgan fingerprint density at radius 2 is 1.86 bits per heavy atom. The Morgan fingerprint density at radius 3 is 2.50 bits per heavy atom. The van der Waals surface area contributed by atoms with Crippen LogP contribution in [0, 0.1) is 5.92 Å². The molecule has 1 atom stereocenters. The van der Waals surface area contributed by atoms with Gasteiger partial charge in [0.05, 0.1) is 5.56 Å². The highest BCUT2D eigenvalue weighted by molar-refractivity contribution is 6.03. The number of carbonyl (C=O) groups is 2. The normalized spacial score (nSPS) is 14.9. The molecular formula is C21H21F3N2O2. The van der Waals surface area contributed by atoms with Crippen LogP contribution in [0.1, 0.15) is 41.8 Å². The lowest BCUT2D eigenvalue weighted by Crippen LogP contribution is -2.45. The number of benzene rings is 2. The van der Waals surface area contributed by atoms with Crippen molar-refractivity contribution >= 4 is 17.5 Å². The molecule has 3 rings (SSSR count). The van der Waals surface area contributed by atoms with Crippen LogP contribution in [-0.4, -0.2) is 22.8 Å². The van der Waals surface area contributed by atoms with Crippen molar-refractivity contribution in [1.82, 2.24) is 4.90 Å². The van der Waals surface area contributed by atoms with E-state index >= 15 is 0 Å². The van der Waals surface area contributed by atoms with Gasteiger partial charge in [-0.15, -0.1) is 0 Å². The van der Waals surface area contributed by atoms with Crippen molar-refractivity contribution in [2.75, 3.05) is 5.32 Å². The molecule has 0 fully saturated rings. The molecule has 2 amide bonds. The van der Waals surface area contributed by atoms with Crippen LogP contribution < -0.4 is 5.32 Å². The summed E-state index contributed by atoms with van der Waals surface area (Å²) in [6.45, 7) is 4.17. The lowest BCUT2D eigenvalue weighted by molar-refractivity contribution is -0.137. The number of alkyl halides is 3. The van der Waals surface area contributed by atoms with Gasteiger partial charge in [0.15, 0.2) is 0 Å². The monoisotopic (exact) mass is 390 g/mol. The SMILES string of the molecule is CC(C)CC(C(=O)Nc1cccc(C(F)(F)F)c1)N1Cc2ccccc2C1=O. The van der Waals surface area contributed by atoms with Crippen LogP contribution in [0.15, 0.2) is 48.5 Å². The van der Waals surface area contributed by atoms with Crippen molar-refractivity contribution in [1.29, 1.82) is 0 Å². The van der Waals surface area contributed by atoms with Crippen LogP contribution in [-0.2, 0) is 17.5 Å². The minimum absolute atomic E-state index is 0.0535. The predicted octanol–water partition coefficient (Wildman–Crippen LogP) is 4.71. The number of fused-ring (bicyclic) bond motifs is 1. The summed E-state index contributed by atoms with van der Waals surface area (Å²) in [7, 11) is 0. The highest BCUT2D eigenvalue weighted by Gasteiger charge is 2.37. The molecule has 1 heterocycles. The van der Waals surface area contributed by atoms with Crippen molar-refractivity contribution < 1.29 is 22.8 Å². The van der Waals surface area contributed by atoms with Crippen LogP contribution in [0.4, 0.5) is 18.9 Å². The number of carbonyl (C=O) groups excluding carboxylic acids is 2. The van der Waals surface area contributed by atoms with E-state index in [2.05, 4.69) is 5.32 Å². The summed E-state index contributed by atoms with van der Waals surface area (Å²) < 4.78 is 38.8. The number of hydrogen-bond acceptors (Lipinski definition) is 2. The van der Waals surface area contributed by atoms with E-state index < -0.39 is 23.7 Å². The Morgan fingerprint density at radius 1 is 1.14 bits per heavy atom. The number of nitrogens with one attached hydrogen (secondary N) is 1. The Hall–Kier alpha value is -2.83. The second kappa shape index (κ2) is 7.66. The van der Waals surface area contributed by atoms with E-state index in [1.807, 2.05) is 26.0 Å². The molecule has 28 heavy (non-hydrogen) atoms. The molecular weight excluding hydrogens is 369 g/mol. The first-order chi connectivity index (χ1) is 13.2. The maximum atomic E-state index is 12.9. The van der Waals surface area contributed by atoms with Gasteiger partial charge in [0, 0.05) is 17.8 Å². The third kappa shape index (κ3) is 4.18. The van der Waals surface area contributed by atoms with Crippen LogP contribution in [0.5, 0.6) is 0 Å². The molecule has 0 bridgehead atoms. The molecule has 0 saturated carbocycles. The van der Waals surface area contributed by atoms with Crippen molar-refractivity contribution in [3.05, 3.63) is 65.2 Å². The fraction of sp³-hybridized carbons (Fsp3) is 0.333. The average molecular weight is 390 g/mol. The first-order valence-corrected chi connectivity index (χ1v) is 9.04. The zero-order valence-corrected chi connectivity index (χ0v) is 15.6. The number of nitrogens with zero attached hydrogens (tertiary/aromatic N) is 1. The quantitative estimate of drug-likeness (QED) is 0.804. The van der Waals surface area contributed by atoms with Gasteiger partial charge in [-0.05, 0) is 42.2 Å². The van der Waals surface area contributed by atoms with Gasteiger partial charge in [-0.25, -0.2) is 0 Å². The van der Waals surface area contributed by atoms with E-state index in [4.69, 9.17) is 0 Å². The summed E-state index contributed by atoms with van der Waals surface area (Å²) in [5.41, 5.74) is 0.615. The third-order valence-corrected chi connectivity index (χ3v) is 4.68. The largest absolute Gasteiger partial charge is 0.416 e. The smallest absolute Gasteiger partial charge is 0.324 e. The Labute approximate surface area is 161 Å². The molecule has 0 spiro atoms. The zero-order chi connectivity index (χ0) is 20.5. The van der Waals surface area contributed by atoms with E-state index in [9.17, 15) is 22.8 Å². The van der Waals surface area contributed by atoms with Crippen LogP contribution in [0.3, 0.4) is 0 Å².